The highest BCUT2D eigenvalue weighted by Gasteiger charge is 2.08. The monoisotopic (exact) mass is 344 g/mol. The number of para-hydroxylation sites is 1. The summed E-state index contributed by atoms with van der Waals surface area (Å²) in [6.07, 6.45) is 0. The Morgan fingerprint density at radius 1 is 1.12 bits per heavy atom. The number of amides is 1. The van der Waals surface area contributed by atoms with Crippen LogP contribution in [0, 0.1) is 11.3 Å². The van der Waals surface area contributed by atoms with Crippen LogP contribution >= 0.6 is 0 Å². The lowest BCUT2D eigenvalue weighted by atomic mass is 10.2. The van der Waals surface area contributed by atoms with E-state index in [4.69, 9.17) is 10.4 Å². The van der Waals surface area contributed by atoms with Crippen molar-refractivity contribution in [3.05, 3.63) is 59.7 Å². The zero-order chi connectivity index (χ0) is 17.6. The molecule has 0 radical (unpaired) electrons. The SMILES string of the molecule is N#Cc1ccccc1NC(=O)CNCc1ccc(S(N)(=O)=O)cc1. The molecule has 124 valence electrons. The van der Waals surface area contributed by atoms with Crippen LogP contribution in [-0.2, 0) is 21.4 Å². The third-order valence-corrected chi connectivity index (χ3v) is 4.12. The number of hydrogen-bond acceptors (Lipinski definition) is 5. The quantitative estimate of drug-likeness (QED) is 0.719. The van der Waals surface area contributed by atoms with E-state index in [1.807, 2.05) is 6.07 Å². The second-order valence-corrected chi connectivity index (χ2v) is 6.56. The van der Waals surface area contributed by atoms with Crippen molar-refractivity contribution in [1.29, 1.82) is 5.26 Å². The fraction of sp³-hybridized carbons (Fsp3) is 0.125. The Kier molecular flexibility index (Phi) is 5.65. The fourth-order valence-corrected chi connectivity index (χ4v) is 2.52. The molecule has 0 bridgehead atoms. The molecule has 0 aliphatic carbocycles. The molecule has 0 saturated carbocycles. The number of nitriles is 1. The summed E-state index contributed by atoms with van der Waals surface area (Å²) in [6, 6.07) is 14.8. The Morgan fingerprint density at radius 3 is 2.42 bits per heavy atom. The number of carbonyl (C=O) groups excluding carboxylic acids is 1. The molecule has 2 aromatic carbocycles. The van der Waals surface area contributed by atoms with Gasteiger partial charge in [0.2, 0.25) is 15.9 Å². The second kappa shape index (κ2) is 7.70. The first-order valence-corrected chi connectivity index (χ1v) is 8.56. The van der Waals surface area contributed by atoms with Crippen molar-refractivity contribution in [2.45, 2.75) is 11.4 Å². The third kappa shape index (κ3) is 4.89. The van der Waals surface area contributed by atoms with Gasteiger partial charge in [-0.25, -0.2) is 13.6 Å². The molecule has 7 nitrogen and oxygen atoms in total. The molecular formula is C16H16N4O3S. The molecule has 0 heterocycles. The van der Waals surface area contributed by atoms with Crippen LogP contribution in [0.3, 0.4) is 0 Å². The molecule has 0 aliphatic heterocycles. The maximum absolute atomic E-state index is 11.9. The van der Waals surface area contributed by atoms with Gasteiger partial charge in [-0.05, 0) is 29.8 Å². The average molecular weight is 344 g/mol. The Bertz CT molecular complexity index is 871. The maximum Gasteiger partial charge on any atom is 0.238 e. The highest BCUT2D eigenvalue weighted by atomic mass is 32.2. The van der Waals surface area contributed by atoms with E-state index >= 15 is 0 Å². The Morgan fingerprint density at radius 2 is 1.79 bits per heavy atom. The van der Waals surface area contributed by atoms with Crippen molar-refractivity contribution < 1.29 is 13.2 Å². The van der Waals surface area contributed by atoms with Crippen molar-refractivity contribution >= 4 is 21.6 Å². The molecule has 24 heavy (non-hydrogen) atoms. The van der Waals surface area contributed by atoms with Crippen LogP contribution in [0.5, 0.6) is 0 Å². The van der Waals surface area contributed by atoms with Gasteiger partial charge >= 0.3 is 0 Å². The number of carbonyl (C=O) groups is 1. The molecule has 0 aliphatic rings. The molecule has 0 saturated heterocycles. The number of hydrogen-bond donors (Lipinski definition) is 3. The van der Waals surface area contributed by atoms with Crippen LogP contribution in [0.15, 0.2) is 53.4 Å². The predicted octanol–water partition coefficient (Wildman–Crippen LogP) is 0.934. The van der Waals surface area contributed by atoms with Gasteiger partial charge in [0.1, 0.15) is 6.07 Å². The van der Waals surface area contributed by atoms with E-state index in [9.17, 15) is 13.2 Å². The number of nitrogens with two attached hydrogens (primary N) is 1. The summed E-state index contributed by atoms with van der Waals surface area (Å²) >= 11 is 0. The van der Waals surface area contributed by atoms with Crippen LogP contribution < -0.4 is 15.8 Å². The van der Waals surface area contributed by atoms with Crippen LogP contribution in [0.4, 0.5) is 5.69 Å². The Hall–Kier alpha value is -2.73. The van der Waals surface area contributed by atoms with Gasteiger partial charge in [-0.3, -0.25) is 4.79 Å². The van der Waals surface area contributed by atoms with Crippen molar-refractivity contribution in [2.75, 3.05) is 11.9 Å². The fourth-order valence-electron chi connectivity index (χ4n) is 2.00. The summed E-state index contributed by atoms with van der Waals surface area (Å²) in [6.45, 7) is 0.439. The number of nitrogens with one attached hydrogen (secondary N) is 2. The minimum atomic E-state index is -3.71. The van der Waals surface area contributed by atoms with Gasteiger partial charge in [-0.1, -0.05) is 24.3 Å². The summed E-state index contributed by atoms with van der Waals surface area (Å²) < 4.78 is 22.3. The van der Waals surface area contributed by atoms with E-state index in [0.717, 1.165) is 5.56 Å². The number of primary sulfonamides is 1. The summed E-state index contributed by atoms with van der Waals surface area (Å²) in [5, 5.41) is 19.6. The first kappa shape index (κ1) is 17.6. The first-order chi connectivity index (χ1) is 11.4. The largest absolute Gasteiger partial charge is 0.324 e. The average Bonchev–Trinajstić information content (AvgIpc) is 2.55. The summed E-state index contributed by atoms with van der Waals surface area (Å²) in [7, 11) is -3.71. The molecule has 0 aromatic heterocycles. The van der Waals surface area contributed by atoms with E-state index in [-0.39, 0.29) is 17.3 Å². The lowest BCUT2D eigenvalue weighted by Gasteiger charge is -2.08. The Labute approximate surface area is 140 Å². The smallest absolute Gasteiger partial charge is 0.238 e. The van der Waals surface area contributed by atoms with Crippen molar-refractivity contribution in [3.63, 3.8) is 0 Å². The van der Waals surface area contributed by atoms with Gasteiger partial charge in [0.25, 0.3) is 0 Å². The molecule has 4 N–H and O–H groups in total. The summed E-state index contributed by atoms with van der Waals surface area (Å²) in [5.74, 6) is -0.279. The lowest BCUT2D eigenvalue weighted by molar-refractivity contribution is -0.115. The topological polar surface area (TPSA) is 125 Å². The summed E-state index contributed by atoms with van der Waals surface area (Å²) in [5.41, 5.74) is 1.67. The van der Waals surface area contributed by atoms with E-state index in [1.54, 1.807) is 36.4 Å². The molecule has 2 aromatic rings. The van der Waals surface area contributed by atoms with Crippen LogP contribution in [0.2, 0.25) is 0 Å². The Balaban J connectivity index is 1.86. The molecule has 0 atom stereocenters. The molecule has 2 rings (SSSR count). The maximum atomic E-state index is 11.9. The number of nitrogens with zero attached hydrogens (tertiary/aromatic N) is 1. The molecule has 0 fully saturated rings. The van der Waals surface area contributed by atoms with Crippen molar-refractivity contribution in [2.24, 2.45) is 5.14 Å². The number of benzene rings is 2. The normalized spacial score (nSPS) is 10.8. The third-order valence-electron chi connectivity index (χ3n) is 3.19. The van der Waals surface area contributed by atoms with Crippen LogP contribution in [0.25, 0.3) is 0 Å². The van der Waals surface area contributed by atoms with Gasteiger partial charge in [-0.2, -0.15) is 5.26 Å². The predicted molar refractivity (Wildman–Crippen MR) is 89.3 cm³/mol. The number of anilines is 1. The van der Waals surface area contributed by atoms with Crippen molar-refractivity contribution in [1.82, 2.24) is 5.32 Å². The highest BCUT2D eigenvalue weighted by molar-refractivity contribution is 7.89. The molecule has 0 unspecified atom stereocenters. The molecule has 8 heteroatoms. The molecule has 0 spiro atoms. The summed E-state index contributed by atoms with van der Waals surface area (Å²) in [4.78, 5) is 11.9. The first-order valence-electron chi connectivity index (χ1n) is 7.01. The standard InChI is InChI=1S/C16H16N4O3S/c17-9-13-3-1-2-4-15(13)20-16(21)11-19-10-12-5-7-14(8-6-12)24(18,22)23/h1-8,19H,10-11H2,(H,20,21)(H2,18,22,23). The van der Waals surface area contributed by atoms with Crippen LogP contribution in [-0.4, -0.2) is 20.9 Å². The zero-order valence-electron chi connectivity index (χ0n) is 12.7. The second-order valence-electron chi connectivity index (χ2n) is 5.00. The van der Waals surface area contributed by atoms with Gasteiger partial charge in [-0.15, -0.1) is 0 Å². The van der Waals surface area contributed by atoms with Gasteiger partial charge in [0.15, 0.2) is 0 Å². The minimum Gasteiger partial charge on any atom is -0.324 e. The highest BCUT2D eigenvalue weighted by Crippen LogP contribution is 2.13. The number of rotatable bonds is 6. The van der Waals surface area contributed by atoms with Gasteiger partial charge in [0.05, 0.1) is 22.7 Å². The van der Waals surface area contributed by atoms with E-state index in [1.165, 1.54) is 12.1 Å². The van der Waals surface area contributed by atoms with E-state index in [2.05, 4.69) is 10.6 Å². The van der Waals surface area contributed by atoms with Gasteiger partial charge in [0, 0.05) is 6.54 Å². The number of sulfonamides is 1. The zero-order valence-corrected chi connectivity index (χ0v) is 13.5. The van der Waals surface area contributed by atoms with Crippen LogP contribution in [0.1, 0.15) is 11.1 Å². The molecule has 1 amide bonds. The lowest BCUT2D eigenvalue weighted by Crippen LogP contribution is -2.28. The minimum absolute atomic E-state index is 0.0390. The van der Waals surface area contributed by atoms with E-state index in [0.29, 0.717) is 17.8 Å². The van der Waals surface area contributed by atoms with E-state index < -0.39 is 10.0 Å². The van der Waals surface area contributed by atoms with Crippen molar-refractivity contribution in [3.8, 4) is 6.07 Å². The molecular weight excluding hydrogens is 328 g/mol. The van der Waals surface area contributed by atoms with Gasteiger partial charge < -0.3 is 10.6 Å².